The molecule has 2 N–H and O–H groups in total. The minimum atomic E-state index is -0.468. The first-order valence-corrected chi connectivity index (χ1v) is 8.01. The summed E-state index contributed by atoms with van der Waals surface area (Å²) in [5, 5.41) is 5.77. The maximum atomic E-state index is 12.0. The quantitative estimate of drug-likeness (QED) is 0.874. The molecule has 0 spiro atoms. The molecule has 0 aromatic carbocycles. The summed E-state index contributed by atoms with van der Waals surface area (Å²) < 4.78 is 0. The maximum Gasteiger partial charge on any atom is 0.242 e. The van der Waals surface area contributed by atoms with Crippen LogP contribution in [0.15, 0.2) is 12.1 Å². The van der Waals surface area contributed by atoms with E-state index >= 15 is 0 Å². The van der Waals surface area contributed by atoms with Crippen LogP contribution in [0.3, 0.4) is 0 Å². The molecule has 1 aliphatic carbocycles. The van der Waals surface area contributed by atoms with Crippen molar-refractivity contribution < 1.29 is 9.59 Å². The Morgan fingerprint density at radius 2 is 2.05 bits per heavy atom. The van der Waals surface area contributed by atoms with Crippen LogP contribution >= 0.6 is 11.3 Å². The fourth-order valence-electron chi connectivity index (χ4n) is 2.49. The van der Waals surface area contributed by atoms with Crippen molar-refractivity contribution in [2.45, 2.75) is 58.0 Å². The Morgan fingerprint density at radius 3 is 2.65 bits per heavy atom. The van der Waals surface area contributed by atoms with Crippen molar-refractivity contribution in [3.05, 3.63) is 21.9 Å². The van der Waals surface area contributed by atoms with Crippen LogP contribution in [0.25, 0.3) is 0 Å². The van der Waals surface area contributed by atoms with Crippen molar-refractivity contribution in [3.8, 4) is 0 Å². The van der Waals surface area contributed by atoms with Gasteiger partial charge in [0.25, 0.3) is 0 Å². The lowest BCUT2D eigenvalue weighted by Gasteiger charge is -2.17. The molecule has 0 saturated heterocycles. The van der Waals surface area contributed by atoms with E-state index in [1.165, 1.54) is 17.7 Å². The molecule has 0 radical (unpaired) electrons. The molecule has 1 aromatic rings. The number of aryl methyl sites for hydroxylation is 1. The van der Waals surface area contributed by atoms with Crippen molar-refractivity contribution in [1.29, 1.82) is 0 Å². The van der Waals surface area contributed by atoms with E-state index in [9.17, 15) is 9.59 Å². The maximum absolute atomic E-state index is 12.0. The Balaban J connectivity index is 1.76. The highest BCUT2D eigenvalue weighted by atomic mass is 32.1. The van der Waals surface area contributed by atoms with E-state index in [1.807, 2.05) is 19.1 Å². The van der Waals surface area contributed by atoms with Crippen molar-refractivity contribution in [3.63, 3.8) is 0 Å². The molecule has 110 valence electrons. The van der Waals surface area contributed by atoms with Crippen LogP contribution < -0.4 is 10.6 Å². The normalized spacial score (nSPS) is 16.9. The third-order valence-corrected chi connectivity index (χ3v) is 4.60. The SMILES string of the molecule is Cc1ccc(CC(=O)N[C@H](C)C(=O)NC2CCCC2)s1. The second-order valence-corrected chi connectivity index (χ2v) is 6.84. The summed E-state index contributed by atoms with van der Waals surface area (Å²) in [5.74, 6) is -0.173. The number of nitrogens with one attached hydrogen (secondary N) is 2. The van der Waals surface area contributed by atoms with Crippen LogP contribution in [0.2, 0.25) is 0 Å². The average Bonchev–Trinajstić information content (AvgIpc) is 3.01. The summed E-state index contributed by atoms with van der Waals surface area (Å²) >= 11 is 1.62. The summed E-state index contributed by atoms with van der Waals surface area (Å²) in [7, 11) is 0. The molecule has 2 amide bonds. The van der Waals surface area contributed by atoms with E-state index in [0.717, 1.165) is 17.7 Å². The average molecular weight is 294 g/mol. The lowest BCUT2D eigenvalue weighted by Crippen LogP contribution is -2.47. The van der Waals surface area contributed by atoms with Crippen LogP contribution in [0.4, 0.5) is 0 Å². The fraction of sp³-hybridized carbons (Fsp3) is 0.600. The highest BCUT2D eigenvalue weighted by Gasteiger charge is 2.21. The Morgan fingerprint density at radius 1 is 1.35 bits per heavy atom. The molecule has 20 heavy (non-hydrogen) atoms. The lowest BCUT2D eigenvalue weighted by atomic mass is 10.2. The van der Waals surface area contributed by atoms with Gasteiger partial charge in [-0.3, -0.25) is 9.59 Å². The van der Waals surface area contributed by atoms with Crippen LogP contribution in [-0.2, 0) is 16.0 Å². The highest BCUT2D eigenvalue weighted by molar-refractivity contribution is 7.12. The number of hydrogen-bond donors (Lipinski definition) is 2. The first-order valence-electron chi connectivity index (χ1n) is 7.19. The van der Waals surface area contributed by atoms with Crippen molar-refractivity contribution in [2.75, 3.05) is 0 Å². The molecule has 2 rings (SSSR count). The Hall–Kier alpha value is -1.36. The first-order chi connectivity index (χ1) is 9.54. The molecule has 0 aliphatic heterocycles. The Labute approximate surface area is 124 Å². The monoisotopic (exact) mass is 294 g/mol. The van der Waals surface area contributed by atoms with Crippen molar-refractivity contribution in [2.24, 2.45) is 0 Å². The minimum absolute atomic E-state index is 0.0763. The molecule has 0 bridgehead atoms. The molecule has 1 atom stereocenters. The van der Waals surface area contributed by atoms with Crippen LogP contribution in [0.5, 0.6) is 0 Å². The van der Waals surface area contributed by atoms with Crippen molar-refractivity contribution >= 4 is 23.2 Å². The topological polar surface area (TPSA) is 58.2 Å². The van der Waals surface area contributed by atoms with Gasteiger partial charge in [-0.2, -0.15) is 0 Å². The van der Waals surface area contributed by atoms with Gasteiger partial charge in [-0.1, -0.05) is 12.8 Å². The largest absolute Gasteiger partial charge is 0.352 e. The fourth-order valence-corrected chi connectivity index (χ4v) is 3.38. The summed E-state index contributed by atoms with van der Waals surface area (Å²) in [6.45, 7) is 3.76. The van der Waals surface area contributed by atoms with Gasteiger partial charge in [-0.25, -0.2) is 0 Å². The van der Waals surface area contributed by atoms with Gasteiger partial charge in [0.1, 0.15) is 6.04 Å². The zero-order chi connectivity index (χ0) is 14.5. The van der Waals surface area contributed by atoms with Crippen molar-refractivity contribution in [1.82, 2.24) is 10.6 Å². The second-order valence-electron chi connectivity index (χ2n) is 5.47. The van der Waals surface area contributed by atoms with E-state index in [0.29, 0.717) is 12.5 Å². The van der Waals surface area contributed by atoms with E-state index in [-0.39, 0.29) is 11.8 Å². The third-order valence-electron chi connectivity index (χ3n) is 3.60. The molecular formula is C15H22N2O2S. The molecule has 1 aliphatic rings. The molecule has 1 saturated carbocycles. The van der Waals surface area contributed by atoms with Gasteiger partial charge in [0.05, 0.1) is 6.42 Å². The van der Waals surface area contributed by atoms with E-state index < -0.39 is 6.04 Å². The lowest BCUT2D eigenvalue weighted by molar-refractivity contribution is -0.128. The van der Waals surface area contributed by atoms with Gasteiger partial charge in [-0.15, -0.1) is 11.3 Å². The third kappa shape index (κ3) is 4.34. The van der Waals surface area contributed by atoms with Gasteiger partial charge >= 0.3 is 0 Å². The summed E-state index contributed by atoms with van der Waals surface area (Å²) in [5.41, 5.74) is 0. The zero-order valence-electron chi connectivity index (χ0n) is 12.1. The van der Waals surface area contributed by atoms with Gasteiger partial charge in [0.2, 0.25) is 11.8 Å². The summed E-state index contributed by atoms with van der Waals surface area (Å²) in [4.78, 5) is 26.1. The molecule has 1 heterocycles. The minimum Gasteiger partial charge on any atom is -0.352 e. The number of rotatable bonds is 5. The van der Waals surface area contributed by atoms with Gasteiger partial charge in [0, 0.05) is 15.8 Å². The number of thiophene rings is 1. The molecule has 5 heteroatoms. The molecular weight excluding hydrogens is 272 g/mol. The second kappa shape index (κ2) is 6.88. The number of carbonyl (C=O) groups excluding carboxylic acids is 2. The van der Waals surface area contributed by atoms with E-state index in [1.54, 1.807) is 18.3 Å². The van der Waals surface area contributed by atoms with Gasteiger partial charge in [-0.05, 0) is 38.8 Å². The number of hydrogen-bond acceptors (Lipinski definition) is 3. The number of amides is 2. The van der Waals surface area contributed by atoms with Gasteiger partial charge < -0.3 is 10.6 Å². The Kier molecular flexibility index (Phi) is 5.17. The van der Waals surface area contributed by atoms with Crippen LogP contribution in [0.1, 0.15) is 42.4 Å². The molecule has 1 aromatic heterocycles. The summed E-state index contributed by atoms with van der Waals surface area (Å²) in [6, 6.07) is 3.79. The van der Waals surface area contributed by atoms with Gasteiger partial charge in [0.15, 0.2) is 0 Å². The smallest absolute Gasteiger partial charge is 0.242 e. The number of carbonyl (C=O) groups is 2. The molecule has 4 nitrogen and oxygen atoms in total. The molecule has 0 unspecified atom stereocenters. The summed E-state index contributed by atoms with van der Waals surface area (Å²) in [6.07, 6.45) is 4.83. The first kappa shape index (κ1) is 15.0. The van der Waals surface area contributed by atoms with E-state index in [2.05, 4.69) is 10.6 Å². The van der Waals surface area contributed by atoms with E-state index in [4.69, 9.17) is 0 Å². The standard InChI is InChI=1S/C15H22N2O2S/c1-10-7-8-13(20-10)9-14(18)16-11(2)15(19)17-12-5-3-4-6-12/h7-8,11-12H,3-6,9H2,1-2H3,(H,16,18)(H,17,19)/t11-/m1/s1. The Bertz CT molecular complexity index is 478. The predicted molar refractivity (Wildman–Crippen MR) is 80.8 cm³/mol. The zero-order valence-corrected chi connectivity index (χ0v) is 12.9. The van der Waals surface area contributed by atoms with Crippen LogP contribution in [-0.4, -0.2) is 23.9 Å². The molecule has 1 fully saturated rings. The predicted octanol–water partition coefficient (Wildman–Crippen LogP) is 2.16. The van der Waals surface area contributed by atoms with Crippen LogP contribution in [0, 0.1) is 6.92 Å². The highest BCUT2D eigenvalue weighted by Crippen LogP contribution is 2.18.